The van der Waals surface area contributed by atoms with Gasteiger partial charge >= 0.3 is 0 Å². The fourth-order valence-corrected chi connectivity index (χ4v) is 4.50. The van der Waals surface area contributed by atoms with Crippen LogP contribution in [-0.4, -0.2) is 57.3 Å². The Hall–Kier alpha value is -2.57. The summed E-state index contributed by atoms with van der Waals surface area (Å²) in [6.07, 6.45) is 6.52. The first kappa shape index (κ1) is 17.8. The number of aromatic amines is 1. The Morgan fingerprint density at radius 2 is 2.22 bits per heavy atom. The Balaban J connectivity index is 1.43. The second-order valence-corrected chi connectivity index (χ2v) is 7.65. The smallest absolute Gasteiger partial charge is 0.257 e. The number of rotatable bonds is 4. The summed E-state index contributed by atoms with van der Waals surface area (Å²) in [4.78, 5) is 36.5. The quantitative estimate of drug-likeness (QED) is 0.895. The van der Waals surface area contributed by atoms with Gasteiger partial charge in [0.1, 0.15) is 11.5 Å². The van der Waals surface area contributed by atoms with E-state index in [1.54, 1.807) is 6.33 Å². The van der Waals surface area contributed by atoms with Crippen LogP contribution in [-0.2, 0) is 11.2 Å². The van der Waals surface area contributed by atoms with E-state index in [9.17, 15) is 9.59 Å². The Morgan fingerprint density at radius 3 is 2.93 bits per heavy atom. The van der Waals surface area contributed by atoms with Crippen molar-refractivity contribution >= 4 is 11.8 Å². The average Bonchev–Trinajstić information content (AvgIpc) is 3.29. The van der Waals surface area contributed by atoms with E-state index >= 15 is 0 Å². The number of likely N-dealkylation sites (tertiary alicyclic amines) is 2. The minimum atomic E-state index is 0.0451. The summed E-state index contributed by atoms with van der Waals surface area (Å²) in [5, 5.41) is 0. The number of piperidine rings is 2. The first-order valence-corrected chi connectivity index (χ1v) is 9.66. The fraction of sp³-hybridized carbons (Fsp3) is 0.550. The lowest BCUT2D eigenvalue weighted by atomic mass is 9.83. The van der Waals surface area contributed by atoms with Crippen LogP contribution in [0.4, 0.5) is 0 Å². The maximum absolute atomic E-state index is 12.9. The average molecular weight is 370 g/mol. The maximum atomic E-state index is 12.9. The molecule has 1 N–H and O–H groups in total. The highest BCUT2D eigenvalue weighted by atomic mass is 16.3. The van der Waals surface area contributed by atoms with Gasteiger partial charge in [-0.05, 0) is 38.7 Å². The molecule has 2 aliphatic heterocycles. The molecule has 4 rings (SSSR count). The van der Waals surface area contributed by atoms with Crippen molar-refractivity contribution in [3.63, 3.8) is 0 Å². The summed E-state index contributed by atoms with van der Waals surface area (Å²) in [6, 6.07) is 2.05. The zero-order valence-electron chi connectivity index (χ0n) is 15.9. The predicted octanol–water partition coefficient (Wildman–Crippen LogP) is 2.32. The third-order valence-corrected chi connectivity index (χ3v) is 5.88. The molecule has 2 aromatic rings. The lowest BCUT2D eigenvalue weighted by molar-refractivity contribution is -0.140. The number of furan rings is 1. The van der Waals surface area contributed by atoms with E-state index in [-0.39, 0.29) is 17.9 Å². The van der Waals surface area contributed by atoms with Crippen LogP contribution in [0.25, 0.3) is 0 Å². The zero-order valence-corrected chi connectivity index (χ0v) is 15.9. The van der Waals surface area contributed by atoms with Crippen molar-refractivity contribution < 1.29 is 14.0 Å². The van der Waals surface area contributed by atoms with Crippen molar-refractivity contribution in [3.05, 3.63) is 41.4 Å². The summed E-state index contributed by atoms with van der Waals surface area (Å²) >= 11 is 0. The van der Waals surface area contributed by atoms with Crippen LogP contribution >= 0.6 is 0 Å². The minimum absolute atomic E-state index is 0.0451. The van der Waals surface area contributed by atoms with E-state index in [0.29, 0.717) is 43.3 Å². The van der Waals surface area contributed by atoms with Crippen molar-refractivity contribution in [2.24, 2.45) is 5.92 Å². The Morgan fingerprint density at radius 1 is 1.37 bits per heavy atom. The van der Waals surface area contributed by atoms with E-state index in [1.165, 1.54) is 0 Å². The Labute approximate surface area is 158 Å². The van der Waals surface area contributed by atoms with E-state index in [1.807, 2.05) is 35.9 Å². The summed E-state index contributed by atoms with van der Waals surface area (Å²) < 4.78 is 5.52. The number of hydrogen-bond acceptors (Lipinski definition) is 4. The number of fused-ring (bicyclic) bond motifs is 1. The standard InChI is InChI=1S/C20H26N4O3/c1-13-9-17(14(2)27-13)20(26)23-7-6-18-15(11-23)3-4-19(25)24(18)8-5-16-10-21-12-22-16/h9-10,12,15,18H,3-8,11H2,1-2H3,(H,21,22)/t15-,18+/m0/s1. The Kier molecular flexibility index (Phi) is 4.76. The van der Waals surface area contributed by atoms with Gasteiger partial charge in [-0.2, -0.15) is 0 Å². The van der Waals surface area contributed by atoms with E-state index in [0.717, 1.165) is 30.7 Å². The van der Waals surface area contributed by atoms with Gasteiger partial charge in [-0.25, -0.2) is 4.98 Å². The van der Waals surface area contributed by atoms with Crippen LogP contribution < -0.4 is 0 Å². The van der Waals surface area contributed by atoms with Gasteiger partial charge in [0.15, 0.2) is 0 Å². The molecule has 2 atom stereocenters. The molecular weight excluding hydrogens is 344 g/mol. The number of amides is 2. The third-order valence-electron chi connectivity index (χ3n) is 5.88. The molecule has 0 saturated carbocycles. The van der Waals surface area contributed by atoms with Crippen LogP contribution in [0.5, 0.6) is 0 Å². The highest BCUT2D eigenvalue weighted by Gasteiger charge is 2.40. The lowest BCUT2D eigenvalue weighted by Gasteiger charge is -2.47. The van der Waals surface area contributed by atoms with Crippen molar-refractivity contribution in [1.29, 1.82) is 0 Å². The molecule has 0 bridgehead atoms. The molecule has 0 unspecified atom stereocenters. The molecule has 2 saturated heterocycles. The van der Waals surface area contributed by atoms with Crippen LogP contribution in [0, 0.1) is 19.8 Å². The predicted molar refractivity (Wildman–Crippen MR) is 99.2 cm³/mol. The first-order chi connectivity index (χ1) is 13.0. The number of H-pyrrole nitrogens is 1. The summed E-state index contributed by atoms with van der Waals surface area (Å²) in [5.74, 6) is 2.06. The van der Waals surface area contributed by atoms with Crippen LogP contribution in [0.1, 0.15) is 46.8 Å². The summed E-state index contributed by atoms with van der Waals surface area (Å²) in [6.45, 7) is 5.79. The number of carbonyl (C=O) groups is 2. The molecule has 2 aliphatic rings. The van der Waals surface area contributed by atoms with E-state index in [2.05, 4.69) is 9.97 Å². The maximum Gasteiger partial charge on any atom is 0.257 e. The highest BCUT2D eigenvalue weighted by molar-refractivity contribution is 5.95. The molecule has 7 nitrogen and oxygen atoms in total. The minimum Gasteiger partial charge on any atom is -0.466 e. The molecule has 144 valence electrons. The Bertz CT molecular complexity index is 826. The van der Waals surface area contributed by atoms with Gasteiger partial charge in [0.2, 0.25) is 5.91 Å². The number of carbonyl (C=O) groups excluding carboxylic acids is 2. The zero-order chi connectivity index (χ0) is 19.0. The molecule has 2 fully saturated rings. The van der Waals surface area contributed by atoms with Crippen LogP contribution in [0.2, 0.25) is 0 Å². The molecular formula is C20H26N4O3. The van der Waals surface area contributed by atoms with Crippen molar-refractivity contribution in [2.45, 2.75) is 45.6 Å². The van der Waals surface area contributed by atoms with Crippen LogP contribution in [0.15, 0.2) is 23.0 Å². The monoisotopic (exact) mass is 370 g/mol. The van der Waals surface area contributed by atoms with Crippen LogP contribution in [0.3, 0.4) is 0 Å². The fourth-order valence-electron chi connectivity index (χ4n) is 4.50. The largest absolute Gasteiger partial charge is 0.466 e. The van der Waals surface area contributed by atoms with Gasteiger partial charge in [0, 0.05) is 50.4 Å². The molecule has 2 aromatic heterocycles. The number of aryl methyl sites for hydroxylation is 2. The van der Waals surface area contributed by atoms with Gasteiger partial charge in [0.05, 0.1) is 11.9 Å². The normalized spacial score (nSPS) is 22.8. The molecule has 2 amide bonds. The molecule has 27 heavy (non-hydrogen) atoms. The molecule has 0 spiro atoms. The third kappa shape index (κ3) is 3.50. The summed E-state index contributed by atoms with van der Waals surface area (Å²) in [5.41, 5.74) is 1.71. The van der Waals surface area contributed by atoms with Gasteiger partial charge in [0.25, 0.3) is 5.91 Å². The number of nitrogens with zero attached hydrogens (tertiary/aromatic N) is 3. The van der Waals surface area contributed by atoms with Crippen molar-refractivity contribution in [3.8, 4) is 0 Å². The summed E-state index contributed by atoms with van der Waals surface area (Å²) in [7, 11) is 0. The number of aromatic nitrogens is 2. The number of imidazole rings is 1. The van der Waals surface area contributed by atoms with E-state index in [4.69, 9.17) is 4.42 Å². The van der Waals surface area contributed by atoms with Gasteiger partial charge in [-0.3, -0.25) is 9.59 Å². The molecule has 4 heterocycles. The van der Waals surface area contributed by atoms with E-state index < -0.39 is 0 Å². The molecule has 0 aromatic carbocycles. The number of hydrogen-bond donors (Lipinski definition) is 1. The molecule has 7 heteroatoms. The molecule has 0 aliphatic carbocycles. The van der Waals surface area contributed by atoms with Crippen molar-refractivity contribution in [1.82, 2.24) is 19.8 Å². The van der Waals surface area contributed by atoms with Gasteiger partial charge < -0.3 is 19.2 Å². The SMILES string of the molecule is Cc1cc(C(=O)N2CC[C@@H]3[C@@H](CCC(=O)N3CCc3cnc[nH]3)C2)c(C)o1. The van der Waals surface area contributed by atoms with Gasteiger partial charge in [-0.15, -0.1) is 0 Å². The lowest BCUT2D eigenvalue weighted by Crippen LogP contribution is -2.57. The topological polar surface area (TPSA) is 82.4 Å². The second-order valence-electron chi connectivity index (χ2n) is 7.65. The van der Waals surface area contributed by atoms with Crippen molar-refractivity contribution in [2.75, 3.05) is 19.6 Å². The number of nitrogens with one attached hydrogen (secondary N) is 1. The molecule has 0 radical (unpaired) electrons. The van der Waals surface area contributed by atoms with Gasteiger partial charge in [-0.1, -0.05) is 0 Å². The highest BCUT2D eigenvalue weighted by Crippen LogP contribution is 2.32. The first-order valence-electron chi connectivity index (χ1n) is 9.66. The second kappa shape index (κ2) is 7.21.